The lowest BCUT2D eigenvalue weighted by Crippen LogP contribution is -2.32. The Hall–Kier alpha value is -8.12. The molecule has 0 saturated heterocycles. The van der Waals surface area contributed by atoms with E-state index in [0.717, 1.165) is 82.9 Å². The van der Waals surface area contributed by atoms with Gasteiger partial charge in [-0.3, -0.25) is 0 Å². The first kappa shape index (κ1) is 36.4. The molecule has 1 spiro atoms. The van der Waals surface area contributed by atoms with Crippen LogP contribution in [0.2, 0.25) is 0 Å². The molecule has 3 aromatic heterocycles. The zero-order valence-electron chi connectivity index (χ0n) is 34.9. The van der Waals surface area contributed by atoms with Gasteiger partial charge in [0, 0.05) is 53.6 Å². The summed E-state index contributed by atoms with van der Waals surface area (Å²) in [6.45, 7) is 0. The number of hydrogen-bond donors (Lipinski definition) is 0. The molecule has 302 valence electrons. The first-order valence-corrected chi connectivity index (χ1v) is 22.8. The highest BCUT2D eigenvalue weighted by atomic mass is 32.2. The van der Waals surface area contributed by atoms with E-state index in [1.165, 1.54) is 43.2 Å². The first-order valence-electron chi connectivity index (χ1n) is 22.0. The average Bonchev–Trinajstić information content (AvgIpc) is 3.90. The molecule has 9 aromatic carbocycles. The number of aromatic nitrogens is 3. The summed E-state index contributed by atoms with van der Waals surface area (Å²) in [6.07, 6.45) is 0. The van der Waals surface area contributed by atoms with E-state index in [1.807, 2.05) is 54.2 Å². The molecule has 1 aliphatic heterocycles. The van der Waals surface area contributed by atoms with Crippen molar-refractivity contribution in [3.8, 4) is 56.3 Å². The van der Waals surface area contributed by atoms with Crippen LogP contribution in [0.4, 0.5) is 0 Å². The van der Waals surface area contributed by atoms with Gasteiger partial charge < -0.3 is 4.42 Å². The lowest BCUT2D eigenvalue weighted by atomic mass is 9.67. The molecule has 4 heterocycles. The zero-order valence-corrected chi connectivity index (χ0v) is 35.7. The van der Waals surface area contributed by atoms with Crippen molar-refractivity contribution in [3.05, 3.63) is 235 Å². The quantitative estimate of drug-likeness (QED) is 0.165. The van der Waals surface area contributed by atoms with E-state index in [0.29, 0.717) is 5.82 Å². The molecule has 0 amide bonds. The number of benzene rings is 9. The van der Waals surface area contributed by atoms with Gasteiger partial charge in [0.1, 0.15) is 11.2 Å². The van der Waals surface area contributed by atoms with Crippen molar-refractivity contribution in [1.82, 2.24) is 15.0 Å². The molecule has 0 unspecified atom stereocenters. The number of pyridine rings is 1. The molecule has 0 atom stereocenters. The Labute approximate surface area is 378 Å². The summed E-state index contributed by atoms with van der Waals surface area (Å²) in [4.78, 5) is 18.6. The lowest BCUT2D eigenvalue weighted by molar-refractivity contribution is 0.669. The summed E-state index contributed by atoms with van der Waals surface area (Å²) in [6, 6.07) is 76.1. The van der Waals surface area contributed by atoms with E-state index >= 15 is 0 Å². The van der Waals surface area contributed by atoms with E-state index in [4.69, 9.17) is 19.4 Å². The smallest absolute Gasteiger partial charge is 0.160 e. The molecule has 0 N–H and O–H groups in total. The number of rotatable bonds is 4. The molecular formula is C60H35N3OS. The second kappa shape index (κ2) is 13.9. The first-order chi connectivity index (χ1) is 32.2. The van der Waals surface area contributed by atoms with Crippen LogP contribution in [0.3, 0.4) is 0 Å². The Morgan fingerprint density at radius 1 is 0.369 bits per heavy atom. The molecule has 0 radical (unpaired) electrons. The fourth-order valence-electron chi connectivity index (χ4n) is 10.8. The summed E-state index contributed by atoms with van der Waals surface area (Å²) in [7, 11) is 0. The number of furan rings is 1. The molecular weight excluding hydrogens is 811 g/mol. The molecule has 0 saturated carbocycles. The SMILES string of the molecule is c1ccc(-c2nc(-c3ccc4nc(-c5ccccc5)c5cc6c(cc5c4c3)C3(c4ccccc4S6)c4ccccc4-c4ccccc43)cc(-c3cccc4oc5ccccc5c34)n2)cc1. The predicted molar refractivity (Wildman–Crippen MR) is 265 cm³/mol. The third-order valence-electron chi connectivity index (χ3n) is 13.5. The summed E-state index contributed by atoms with van der Waals surface area (Å²) < 4.78 is 6.36. The van der Waals surface area contributed by atoms with Crippen molar-refractivity contribution < 1.29 is 4.42 Å². The van der Waals surface area contributed by atoms with Gasteiger partial charge in [0.25, 0.3) is 0 Å². The molecule has 2 aliphatic rings. The van der Waals surface area contributed by atoms with Gasteiger partial charge in [0.2, 0.25) is 0 Å². The maximum absolute atomic E-state index is 6.36. The highest BCUT2D eigenvalue weighted by molar-refractivity contribution is 7.99. The summed E-state index contributed by atoms with van der Waals surface area (Å²) in [5.41, 5.74) is 16.6. The molecule has 1 aliphatic carbocycles. The normalized spacial score (nSPS) is 13.3. The van der Waals surface area contributed by atoms with Crippen LogP contribution >= 0.6 is 11.8 Å². The van der Waals surface area contributed by atoms with Gasteiger partial charge in [-0.25, -0.2) is 15.0 Å². The molecule has 65 heavy (non-hydrogen) atoms. The maximum Gasteiger partial charge on any atom is 0.160 e. The maximum atomic E-state index is 6.36. The molecule has 4 nitrogen and oxygen atoms in total. The van der Waals surface area contributed by atoms with Crippen LogP contribution in [0.1, 0.15) is 22.3 Å². The molecule has 0 fully saturated rings. The number of para-hydroxylation sites is 1. The third-order valence-corrected chi connectivity index (χ3v) is 14.7. The highest BCUT2D eigenvalue weighted by Gasteiger charge is 2.50. The van der Waals surface area contributed by atoms with E-state index in [9.17, 15) is 0 Å². The Balaban J connectivity index is 1.06. The van der Waals surface area contributed by atoms with Crippen LogP contribution in [0.25, 0.3) is 99.9 Å². The fourth-order valence-corrected chi connectivity index (χ4v) is 12.0. The van der Waals surface area contributed by atoms with Gasteiger partial charge in [0.15, 0.2) is 5.82 Å². The van der Waals surface area contributed by atoms with Gasteiger partial charge in [-0.2, -0.15) is 0 Å². The van der Waals surface area contributed by atoms with Crippen molar-refractivity contribution in [3.63, 3.8) is 0 Å². The predicted octanol–water partition coefficient (Wildman–Crippen LogP) is 15.6. The minimum absolute atomic E-state index is 0.511. The Bertz CT molecular complexity index is 3890. The molecule has 0 bridgehead atoms. The second-order valence-electron chi connectivity index (χ2n) is 17.0. The molecule has 5 heteroatoms. The van der Waals surface area contributed by atoms with Crippen LogP contribution in [0, 0.1) is 0 Å². The van der Waals surface area contributed by atoms with Crippen molar-refractivity contribution in [2.24, 2.45) is 0 Å². The van der Waals surface area contributed by atoms with Crippen LogP contribution < -0.4 is 0 Å². The fraction of sp³-hybridized carbons (Fsp3) is 0.0167. The Morgan fingerprint density at radius 2 is 1.02 bits per heavy atom. The van der Waals surface area contributed by atoms with E-state index in [2.05, 4.69) is 170 Å². The van der Waals surface area contributed by atoms with Gasteiger partial charge in [-0.05, 0) is 87.3 Å². The summed E-state index contributed by atoms with van der Waals surface area (Å²) in [5.74, 6) is 0.663. The van der Waals surface area contributed by atoms with E-state index in [1.54, 1.807) is 0 Å². The van der Waals surface area contributed by atoms with Crippen molar-refractivity contribution in [2.75, 3.05) is 0 Å². The number of nitrogens with zero attached hydrogens (tertiary/aromatic N) is 3. The van der Waals surface area contributed by atoms with E-state index < -0.39 is 5.41 Å². The number of hydrogen-bond acceptors (Lipinski definition) is 5. The Morgan fingerprint density at radius 3 is 1.82 bits per heavy atom. The van der Waals surface area contributed by atoms with Gasteiger partial charge in [-0.1, -0.05) is 176 Å². The topological polar surface area (TPSA) is 51.8 Å². The molecule has 14 rings (SSSR count). The van der Waals surface area contributed by atoms with Crippen molar-refractivity contribution in [2.45, 2.75) is 15.2 Å². The second-order valence-corrected chi connectivity index (χ2v) is 18.1. The largest absolute Gasteiger partial charge is 0.456 e. The van der Waals surface area contributed by atoms with Gasteiger partial charge in [0.05, 0.1) is 28.0 Å². The summed E-state index contributed by atoms with van der Waals surface area (Å²) in [5, 5.41) is 5.45. The van der Waals surface area contributed by atoms with Crippen LogP contribution in [-0.4, -0.2) is 15.0 Å². The lowest BCUT2D eigenvalue weighted by Gasteiger charge is -2.40. The standard InChI is InChI=1S/C60H35N3OS/c1-3-16-36(17-4-1)58-45-34-56-49(60(48-26-12-14-29-55(48)65-56)46-24-10-7-20-39(46)40-21-8-11-25-47(40)60)33-43(45)44-32-38(30-31-50(44)61-58)51-35-52(63-59(62-51)37-18-5-2-6-19-37)41-23-15-28-54-57(41)42-22-9-13-27-53(42)64-54/h1-35H. The minimum atomic E-state index is -0.511. The van der Waals surface area contributed by atoms with Crippen LogP contribution in [-0.2, 0) is 5.41 Å². The van der Waals surface area contributed by atoms with E-state index in [-0.39, 0.29) is 0 Å². The summed E-state index contributed by atoms with van der Waals surface area (Å²) >= 11 is 1.87. The van der Waals surface area contributed by atoms with Gasteiger partial charge in [-0.15, -0.1) is 0 Å². The van der Waals surface area contributed by atoms with Crippen molar-refractivity contribution >= 4 is 55.4 Å². The zero-order chi connectivity index (χ0) is 42.6. The Kier molecular flexibility index (Phi) is 7.80. The molecule has 12 aromatic rings. The monoisotopic (exact) mass is 845 g/mol. The third kappa shape index (κ3) is 5.30. The van der Waals surface area contributed by atoms with Crippen molar-refractivity contribution in [1.29, 1.82) is 0 Å². The highest BCUT2D eigenvalue weighted by Crippen LogP contribution is 2.63. The van der Waals surface area contributed by atoms with Gasteiger partial charge >= 0.3 is 0 Å². The minimum Gasteiger partial charge on any atom is -0.456 e. The number of fused-ring (bicyclic) bond motifs is 15. The average molecular weight is 846 g/mol. The van der Waals surface area contributed by atoms with Crippen LogP contribution in [0.15, 0.2) is 227 Å². The van der Waals surface area contributed by atoms with Crippen LogP contribution in [0.5, 0.6) is 0 Å².